The van der Waals surface area contributed by atoms with E-state index in [1.807, 2.05) is 54.6 Å². The van der Waals surface area contributed by atoms with Crippen LogP contribution in [0.4, 0.5) is 0 Å². The van der Waals surface area contributed by atoms with Crippen LogP contribution in [0.25, 0.3) is 21.2 Å². The second kappa shape index (κ2) is 5.50. The van der Waals surface area contributed by atoms with Crippen LogP contribution in [0.3, 0.4) is 0 Å². The van der Waals surface area contributed by atoms with E-state index in [1.165, 1.54) is 0 Å². The number of fused-ring (bicyclic) bond motifs is 1. The third-order valence-electron chi connectivity index (χ3n) is 2.86. The second-order valence-corrected chi connectivity index (χ2v) is 3.95. The van der Waals surface area contributed by atoms with Crippen LogP contribution in [0.15, 0.2) is 48.2 Å². The Morgan fingerprint density at radius 1 is 1.11 bits per heavy atom. The summed E-state index contributed by atoms with van der Waals surface area (Å²) in [5, 5.41) is 19.9. The summed E-state index contributed by atoms with van der Waals surface area (Å²) < 4.78 is 0. The van der Waals surface area contributed by atoms with Crippen molar-refractivity contribution in [2.75, 3.05) is 0 Å². The van der Waals surface area contributed by atoms with Crippen molar-refractivity contribution in [1.29, 1.82) is 10.5 Å². The summed E-state index contributed by atoms with van der Waals surface area (Å²) in [6.07, 6.45) is 0.0591. The Labute approximate surface area is 111 Å². The maximum atomic E-state index is 8.97. The van der Waals surface area contributed by atoms with Crippen molar-refractivity contribution >= 4 is 16.3 Å². The number of hydrogen-bond acceptors (Lipinski definition) is 2. The SMILES string of the molecule is [C-]#[N+]/C(C#N)=C(/CC#N)c1ccc2ccccc2c1. The van der Waals surface area contributed by atoms with E-state index >= 15 is 0 Å². The van der Waals surface area contributed by atoms with E-state index in [0.717, 1.165) is 16.3 Å². The fourth-order valence-electron chi connectivity index (χ4n) is 1.94. The van der Waals surface area contributed by atoms with Gasteiger partial charge in [-0.15, -0.1) is 0 Å². The lowest BCUT2D eigenvalue weighted by atomic mass is 9.98. The van der Waals surface area contributed by atoms with E-state index < -0.39 is 0 Å². The molecular weight excluding hydrogens is 234 g/mol. The maximum absolute atomic E-state index is 8.97. The Morgan fingerprint density at radius 3 is 2.47 bits per heavy atom. The van der Waals surface area contributed by atoms with Crippen molar-refractivity contribution < 1.29 is 0 Å². The van der Waals surface area contributed by atoms with Gasteiger partial charge in [-0.05, 0) is 28.0 Å². The van der Waals surface area contributed by atoms with E-state index in [-0.39, 0.29) is 12.1 Å². The normalized spacial score (nSPS) is 11.0. The third kappa shape index (κ3) is 2.44. The molecule has 0 spiro atoms. The minimum absolute atomic E-state index is 0.0168. The average Bonchev–Trinajstić information content (AvgIpc) is 2.47. The van der Waals surface area contributed by atoms with Crippen molar-refractivity contribution in [3.05, 3.63) is 65.1 Å². The molecule has 0 heterocycles. The molecule has 0 aliphatic rings. The van der Waals surface area contributed by atoms with E-state index in [2.05, 4.69) is 4.85 Å². The third-order valence-corrected chi connectivity index (χ3v) is 2.86. The molecule has 2 aromatic carbocycles. The Balaban J connectivity index is 2.65. The monoisotopic (exact) mass is 243 g/mol. The number of benzene rings is 2. The Morgan fingerprint density at radius 2 is 1.84 bits per heavy atom. The van der Waals surface area contributed by atoms with Gasteiger partial charge in [0.15, 0.2) is 0 Å². The molecule has 0 fully saturated rings. The molecule has 3 nitrogen and oxygen atoms in total. The smallest absolute Gasteiger partial charge is 0.226 e. The van der Waals surface area contributed by atoms with E-state index in [9.17, 15) is 0 Å². The first-order chi connectivity index (χ1) is 9.30. The summed E-state index contributed by atoms with van der Waals surface area (Å²) in [6.45, 7) is 7.02. The fraction of sp³-hybridized carbons (Fsp3) is 0.0625. The zero-order valence-corrected chi connectivity index (χ0v) is 10.1. The van der Waals surface area contributed by atoms with Gasteiger partial charge in [-0.3, -0.25) is 0 Å². The Hall–Kier alpha value is -3.09. The summed E-state index contributed by atoms with van der Waals surface area (Å²) >= 11 is 0. The Kier molecular flexibility index (Phi) is 3.58. The van der Waals surface area contributed by atoms with Gasteiger partial charge < -0.3 is 0 Å². The minimum atomic E-state index is -0.0168. The Bertz CT molecular complexity index is 764. The van der Waals surface area contributed by atoms with Crippen molar-refractivity contribution in [3.63, 3.8) is 0 Å². The quantitative estimate of drug-likeness (QED) is 0.593. The van der Waals surface area contributed by atoms with Crippen LogP contribution in [0.5, 0.6) is 0 Å². The summed E-state index contributed by atoms with van der Waals surface area (Å²) in [5.74, 6) is 0. The van der Waals surface area contributed by atoms with Crippen molar-refractivity contribution in [3.8, 4) is 12.1 Å². The molecule has 2 aromatic rings. The maximum Gasteiger partial charge on any atom is 0.266 e. The van der Waals surface area contributed by atoms with E-state index in [0.29, 0.717) is 5.57 Å². The van der Waals surface area contributed by atoms with Crippen LogP contribution in [-0.2, 0) is 0 Å². The largest absolute Gasteiger partial charge is 0.266 e. The fourth-order valence-corrected chi connectivity index (χ4v) is 1.94. The summed E-state index contributed by atoms with van der Waals surface area (Å²) in [5.41, 5.74) is 1.23. The first kappa shape index (κ1) is 12.4. The van der Waals surface area contributed by atoms with Crippen molar-refractivity contribution in [2.45, 2.75) is 6.42 Å². The predicted molar refractivity (Wildman–Crippen MR) is 73.3 cm³/mol. The van der Waals surface area contributed by atoms with Crippen molar-refractivity contribution in [2.24, 2.45) is 0 Å². The van der Waals surface area contributed by atoms with Gasteiger partial charge in [0, 0.05) is 0 Å². The van der Waals surface area contributed by atoms with Gasteiger partial charge in [-0.1, -0.05) is 36.4 Å². The highest BCUT2D eigenvalue weighted by atomic mass is 14.7. The van der Waals surface area contributed by atoms with E-state index in [4.69, 9.17) is 17.1 Å². The molecular formula is C16H9N3. The lowest BCUT2D eigenvalue weighted by molar-refractivity contribution is 1.34. The zero-order chi connectivity index (χ0) is 13.7. The summed E-state index contributed by atoms with van der Waals surface area (Å²) in [7, 11) is 0. The molecule has 0 aliphatic carbocycles. The predicted octanol–water partition coefficient (Wildman–Crippen LogP) is 3.91. The van der Waals surface area contributed by atoms with Crippen LogP contribution in [-0.4, -0.2) is 0 Å². The van der Waals surface area contributed by atoms with Crippen LogP contribution in [0.1, 0.15) is 12.0 Å². The number of nitriles is 2. The molecule has 0 aliphatic heterocycles. The van der Waals surface area contributed by atoms with Crippen LogP contribution in [0.2, 0.25) is 0 Å². The highest BCUT2D eigenvalue weighted by molar-refractivity contribution is 5.87. The summed E-state index contributed by atoms with van der Waals surface area (Å²) in [6, 6.07) is 17.4. The standard InChI is InChI=1S/C16H9N3/c1-19-16(11-18)15(8-9-17)14-7-6-12-4-2-3-5-13(12)10-14/h2-7,10H,8H2/b16-15-. The lowest BCUT2D eigenvalue weighted by Crippen LogP contribution is -1.88. The van der Waals surface area contributed by atoms with Gasteiger partial charge in [0.05, 0.1) is 25.1 Å². The molecule has 2 rings (SSSR count). The highest BCUT2D eigenvalue weighted by Crippen LogP contribution is 2.26. The molecule has 0 amide bonds. The molecule has 0 unspecified atom stereocenters. The number of hydrogen-bond donors (Lipinski definition) is 0. The molecule has 0 atom stereocenters. The number of allylic oxidation sites excluding steroid dienone is 2. The zero-order valence-electron chi connectivity index (χ0n) is 10.1. The molecule has 19 heavy (non-hydrogen) atoms. The molecule has 3 heteroatoms. The first-order valence-electron chi connectivity index (χ1n) is 5.67. The molecule has 0 N–H and O–H groups in total. The number of rotatable bonds is 2. The van der Waals surface area contributed by atoms with E-state index in [1.54, 1.807) is 0 Å². The second-order valence-electron chi connectivity index (χ2n) is 3.95. The summed E-state index contributed by atoms with van der Waals surface area (Å²) in [4.78, 5) is 3.20. The van der Waals surface area contributed by atoms with Crippen molar-refractivity contribution in [1.82, 2.24) is 0 Å². The van der Waals surface area contributed by atoms with Crippen LogP contribution in [0, 0.1) is 29.2 Å². The van der Waals surface area contributed by atoms with Gasteiger partial charge in [0.25, 0.3) is 5.70 Å². The molecule has 88 valence electrons. The lowest BCUT2D eigenvalue weighted by Gasteiger charge is -2.06. The van der Waals surface area contributed by atoms with Gasteiger partial charge in [-0.2, -0.15) is 5.26 Å². The van der Waals surface area contributed by atoms with Gasteiger partial charge >= 0.3 is 0 Å². The van der Waals surface area contributed by atoms with Gasteiger partial charge in [0.2, 0.25) is 0 Å². The molecule has 0 saturated carbocycles. The van der Waals surface area contributed by atoms with Crippen LogP contribution >= 0.6 is 0 Å². The first-order valence-corrected chi connectivity index (χ1v) is 5.67. The topological polar surface area (TPSA) is 51.9 Å². The minimum Gasteiger partial charge on any atom is -0.226 e. The molecule has 0 aromatic heterocycles. The average molecular weight is 243 g/mol. The van der Waals surface area contributed by atoms with Gasteiger partial charge in [0.1, 0.15) is 0 Å². The number of nitrogens with zero attached hydrogens (tertiary/aromatic N) is 3. The molecule has 0 radical (unpaired) electrons. The van der Waals surface area contributed by atoms with Gasteiger partial charge in [-0.25, -0.2) is 10.1 Å². The highest BCUT2D eigenvalue weighted by Gasteiger charge is 2.09. The molecule has 0 saturated heterocycles. The molecule has 0 bridgehead atoms. The van der Waals surface area contributed by atoms with Crippen LogP contribution < -0.4 is 0 Å².